The van der Waals surface area contributed by atoms with Crippen LogP contribution in [0.2, 0.25) is 0 Å². The van der Waals surface area contributed by atoms with Gasteiger partial charge in [0.15, 0.2) is 23.0 Å². The summed E-state index contributed by atoms with van der Waals surface area (Å²) in [5.41, 5.74) is 4.63. The van der Waals surface area contributed by atoms with Crippen LogP contribution in [0, 0.1) is 0 Å². The van der Waals surface area contributed by atoms with Gasteiger partial charge in [0.2, 0.25) is 0 Å². The minimum Gasteiger partial charge on any atom is -0.493 e. The van der Waals surface area contributed by atoms with Crippen LogP contribution in [0.4, 0.5) is 0 Å². The van der Waals surface area contributed by atoms with Gasteiger partial charge >= 0.3 is 0 Å². The maximum absolute atomic E-state index is 12.4. The number of ether oxygens (including phenoxy) is 4. The minimum absolute atomic E-state index is 0.382. The second kappa shape index (κ2) is 11.7. The third-order valence-corrected chi connectivity index (χ3v) is 5.69. The molecule has 0 heterocycles. The van der Waals surface area contributed by atoms with Gasteiger partial charge in [0.05, 0.1) is 32.0 Å². The number of carbonyl (C=O) groups is 1. The third kappa shape index (κ3) is 6.49. The van der Waals surface area contributed by atoms with Gasteiger partial charge in [-0.2, -0.15) is 5.10 Å². The van der Waals surface area contributed by atoms with Crippen molar-refractivity contribution in [2.45, 2.75) is 6.61 Å². The number of hydrogen-bond acceptors (Lipinski definition) is 6. The number of carbonyl (C=O) groups excluding carboxylic acids is 1. The average Bonchev–Trinajstić information content (AvgIpc) is 2.83. The van der Waals surface area contributed by atoms with Gasteiger partial charge in [0.1, 0.15) is 6.61 Å². The van der Waals surface area contributed by atoms with E-state index >= 15 is 0 Å². The highest BCUT2D eigenvalue weighted by Crippen LogP contribution is 2.37. The molecule has 0 radical (unpaired) electrons. The minimum atomic E-state index is -0.382. The fourth-order valence-electron chi connectivity index (χ4n) is 2.90. The second-order valence-corrected chi connectivity index (χ2v) is 8.49. The topological polar surface area (TPSA) is 78.4 Å². The van der Waals surface area contributed by atoms with Gasteiger partial charge in [-0.05, 0) is 69.5 Å². The molecule has 33 heavy (non-hydrogen) atoms. The first-order chi connectivity index (χ1) is 15.9. The summed E-state index contributed by atoms with van der Waals surface area (Å²) in [4.78, 5) is 12.4. The summed E-state index contributed by atoms with van der Waals surface area (Å²) in [7, 11) is 4.61. The van der Waals surface area contributed by atoms with Crippen LogP contribution in [0.25, 0.3) is 0 Å². The molecule has 1 amide bonds. The van der Waals surface area contributed by atoms with Gasteiger partial charge in [-0.25, -0.2) is 5.43 Å². The van der Waals surface area contributed by atoms with Crippen molar-refractivity contribution in [3.05, 3.63) is 80.2 Å². The maximum atomic E-state index is 12.4. The van der Waals surface area contributed by atoms with Crippen molar-refractivity contribution in [2.24, 2.45) is 5.10 Å². The zero-order valence-corrected chi connectivity index (χ0v) is 21.4. The highest BCUT2D eigenvalue weighted by Gasteiger charge is 2.13. The molecule has 7 nitrogen and oxygen atoms in total. The highest BCUT2D eigenvalue weighted by atomic mass is 79.9. The SMILES string of the molecule is COc1ccc(C(=O)N/N=C/c2cc(Br)c(OCc3ccc(Br)cc3)c(OC)c2)cc1OC. The lowest BCUT2D eigenvalue weighted by Gasteiger charge is -2.13. The molecule has 3 rings (SSSR count). The molecule has 1 N–H and O–H groups in total. The van der Waals surface area contributed by atoms with Gasteiger partial charge in [-0.1, -0.05) is 28.1 Å². The van der Waals surface area contributed by atoms with Crippen LogP contribution >= 0.6 is 31.9 Å². The summed E-state index contributed by atoms with van der Waals surface area (Å²) in [6, 6.07) is 16.3. The number of halogens is 2. The summed E-state index contributed by atoms with van der Waals surface area (Å²) < 4.78 is 23.6. The summed E-state index contributed by atoms with van der Waals surface area (Å²) in [5, 5.41) is 4.05. The van der Waals surface area contributed by atoms with Crippen LogP contribution in [0.15, 0.2) is 68.6 Å². The predicted octanol–water partition coefficient (Wildman–Crippen LogP) is 5.58. The van der Waals surface area contributed by atoms with Crippen LogP contribution in [0.5, 0.6) is 23.0 Å². The van der Waals surface area contributed by atoms with E-state index in [-0.39, 0.29) is 5.91 Å². The van der Waals surface area contributed by atoms with E-state index in [1.807, 2.05) is 30.3 Å². The molecule has 0 aromatic heterocycles. The molecule has 0 atom stereocenters. The molecule has 0 bridgehead atoms. The molecule has 0 unspecified atom stereocenters. The lowest BCUT2D eigenvalue weighted by molar-refractivity contribution is 0.0954. The first kappa shape index (κ1) is 24.6. The van der Waals surface area contributed by atoms with Crippen LogP contribution in [0.3, 0.4) is 0 Å². The number of amides is 1. The average molecular weight is 578 g/mol. The largest absolute Gasteiger partial charge is 0.493 e. The maximum Gasteiger partial charge on any atom is 0.271 e. The Kier molecular flexibility index (Phi) is 8.73. The molecule has 0 aliphatic heterocycles. The van der Waals surface area contributed by atoms with E-state index in [4.69, 9.17) is 18.9 Å². The Balaban J connectivity index is 1.68. The zero-order chi connectivity index (χ0) is 23.8. The van der Waals surface area contributed by atoms with Crippen molar-refractivity contribution in [1.82, 2.24) is 5.43 Å². The Morgan fingerprint density at radius 2 is 1.61 bits per heavy atom. The molecule has 0 saturated heterocycles. The van der Waals surface area contributed by atoms with Crippen molar-refractivity contribution in [3.8, 4) is 23.0 Å². The lowest BCUT2D eigenvalue weighted by Crippen LogP contribution is -2.17. The van der Waals surface area contributed by atoms with E-state index < -0.39 is 0 Å². The normalized spacial score (nSPS) is 10.7. The number of hydrazone groups is 1. The quantitative estimate of drug-likeness (QED) is 0.265. The fourth-order valence-corrected chi connectivity index (χ4v) is 3.74. The second-order valence-electron chi connectivity index (χ2n) is 6.72. The Hall–Kier alpha value is -3.04. The first-order valence-corrected chi connectivity index (χ1v) is 11.3. The molecule has 3 aromatic rings. The standard InChI is InChI=1S/C24H22Br2N2O5/c1-30-20-9-6-17(12-21(20)31-2)24(29)28-27-13-16-10-19(26)23(22(11-16)32-3)33-14-15-4-7-18(25)8-5-15/h4-13H,14H2,1-3H3,(H,28,29)/b27-13+. The van der Waals surface area contributed by atoms with Crippen molar-refractivity contribution in [3.63, 3.8) is 0 Å². The predicted molar refractivity (Wildman–Crippen MR) is 134 cm³/mol. The number of hydrogen-bond donors (Lipinski definition) is 1. The molecule has 172 valence electrons. The van der Waals surface area contributed by atoms with E-state index in [0.717, 1.165) is 10.0 Å². The molecule has 9 heteroatoms. The number of methoxy groups -OCH3 is 3. The molecule has 0 fully saturated rings. The molecular weight excluding hydrogens is 556 g/mol. The van der Waals surface area contributed by atoms with Crippen LogP contribution in [-0.4, -0.2) is 33.5 Å². The molecular formula is C24H22Br2N2O5. The zero-order valence-electron chi connectivity index (χ0n) is 18.2. The fraction of sp³-hybridized carbons (Fsp3) is 0.167. The van der Waals surface area contributed by atoms with E-state index in [1.165, 1.54) is 20.4 Å². The van der Waals surface area contributed by atoms with Crippen LogP contribution in [0.1, 0.15) is 21.5 Å². The van der Waals surface area contributed by atoms with E-state index in [1.54, 1.807) is 31.4 Å². The first-order valence-electron chi connectivity index (χ1n) is 9.75. The van der Waals surface area contributed by atoms with Gasteiger partial charge in [0, 0.05) is 10.0 Å². The molecule has 0 aliphatic rings. The molecule has 3 aromatic carbocycles. The van der Waals surface area contributed by atoms with Crippen molar-refractivity contribution in [1.29, 1.82) is 0 Å². The van der Waals surface area contributed by atoms with E-state index in [9.17, 15) is 4.79 Å². The summed E-state index contributed by atoms with van der Waals surface area (Å²) in [5.74, 6) is 1.73. The summed E-state index contributed by atoms with van der Waals surface area (Å²) >= 11 is 6.94. The third-order valence-electron chi connectivity index (χ3n) is 4.57. The van der Waals surface area contributed by atoms with Crippen LogP contribution in [-0.2, 0) is 6.61 Å². The number of rotatable bonds is 9. The van der Waals surface area contributed by atoms with Gasteiger partial charge in [-0.15, -0.1) is 0 Å². The van der Waals surface area contributed by atoms with Gasteiger partial charge < -0.3 is 18.9 Å². The Morgan fingerprint density at radius 3 is 2.27 bits per heavy atom. The smallest absolute Gasteiger partial charge is 0.271 e. The Labute approximate surface area is 209 Å². The number of nitrogens with zero attached hydrogens (tertiary/aromatic N) is 1. The summed E-state index contributed by atoms with van der Waals surface area (Å²) in [6.07, 6.45) is 1.52. The van der Waals surface area contributed by atoms with E-state index in [0.29, 0.717) is 45.2 Å². The number of nitrogens with one attached hydrogen (secondary N) is 1. The van der Waals surface area contributed by atoms with Crippen molar-refractivity contribution < 1.29 is 23.7 Å². The molecule has 0 spiro atoms. The number of benzene rings is 3. The Bertz CT molecular complexity index is 1150. The van der Waals surface area contributed by atoms with Gasteiger partial charge in [-0.3, -0.25) is 4.79 Å². The van der Waals surface area contributed by atoms with Gasteiger partial charge in [0.25, 0.3) is 5.91 Å². The summed E-state index contributed by atoms with van der Waals surface area (Å²) in [6.45, 7) is 0.386. The Morgan fingerprint density at radius 1 is 0.909 bits per heavy atom. The van der Waals surface area contributed by atoms with Crippen molar-refractivity contribution in [2.75, 3.05) is 21.3 Å². The van der Waals surface area contributed by atoms with E-state index in [2.05, 4.69) is 42.4 Å². The lowest BCUT2D eigenvalue weighted by atomic mass is 10.2. The highest BCUT2D eigenvalue weighted by molar-refractivity contribution is 9.10. The van der Waals surface area contributed by atoms with Crippen molar-refractivity contribution >= 4 is 44.0 Å². The monoisotopic (exact) mass is 576 g/mol. The molecule has 0 aliphatic carbocycles. The van der Waals surface area contributed by atoms with Crippen LogP contribution < -0.4 is 24.4 Å². The molecule has 0 saturated carbocycles.